The maximum absolute atomic E-state index is 11.7. The zero-order valence-electron chi connectivity index (χ0n) is 18.9. The summed E-state index contributed by atoms with van der Waals surface area (Å²) in [4.78, 5) is 5.01. The number of aromatic hydroxyl groups is 1. The molecule has 2 aromatic carbocycles. The summed E-state index contributed by atoms with van der Waals surface area (Å²) in [7, 11) is 0. The predicted octanol–water partition coefficient (Wildman–Crippen LogP) is 7.78. The Labute approximate surface area is 191 Å². The quantitative estimate of drug-likeness (QED) is 0.415. The Kier molecular flexibility index (Phi) is 6.43. The highest BCUT2D eigenvalue weighted by molar-refractivity contribution is 5.95. The number of rotatable bonds is 5. The molecule has 166 valence electrons. The molecule has 0 spiro atoms. The average Bonchev–Trinajstić information content (AvgIpc) is 3.17. The van der Waals surface area contributed by atoms with Crippen molar-refractivity contribution in [3.8, 4) is 28.1 Å². The minimum atomic E-state index is 0.375. The van der Waals surface area contributed by atoms with Gasteiger partial charge in [-0.15, -0.1) is 0 Å². The van der Waals surface area contributed by atoms with Crippen LogP contribution in [0.15, 0.2) is 65.7 Å². The number of benzene rings is 2. The first-order valence-electron chi connectivity index (χ1n) is 12.4. The first kappa shape index (κ1) is 21.1. The lowest BCUT2D eigenvalue weighted by Gasteiger charge is -2.27. The van der Waals surface area contributed by atoms with Crippen LogP contribution in [0.2, 0.25) is 0 Å². The molecule has 0 radical (unpaired) electrons. The molecule has 0 aliphatic heterocycles. The van der Waals surface area contributed by atoms with Crippen molar-refractivity contribution in [2.45, 2.75) is 76.3 Å². The Hall–Kier alpha value is -2.81. The molecule has 3 aromatic rings. The SMILES string of the molecule is Oc1c(-c2ccccc2)c(-c2ccccc2)n(C2CCCCC2)c1C=NC1CCCCC1. The lowest BCUT2D eigenvalue weighted by molar-refractivity contribution is 0.353. The molecule has 5 rings (SSSR count). The molecule has 0 amide bonds. The Morgan fingerprint density at radius 3 is 1.91 bits per heavy atom. The minimum absolute atomic E-state index is 0.375. The third-order valence-corrected chi connectivity index (χ3v) is 7.25. The lowest BCUT2D eigenvalue weighted by atomic mass is 9.94. The van der Waals surface area contributed by atoms with Crippen LogP contribution in [-0.4, -0.2) is 21.9 Å². The van der Waals surface area contributed by atoms with Crippen molar-refractivity contribution in [3.63, 3.8) is 0 Å². The van der Waals surface area contributed by atoms with Crippen LogP contribution < -0.4 is 0 Å². The van der Waals surface area contributed by atoms with Gasteiger partial charge in [-0.05, 0) is 36.8 Å². The van der Waals surface area contributed by atoms with Gasteiger partial charge in [-0.2, -0.15) is 0 Å². The zero-order valence-corrected chi connectivity index (χ0v) is 18.9. The first-order chi connectivity index (χ1) is 15.8. The Bertz CT molecular complexity index is 1040. The van der Waals surface area contributed by atoms with Crippen molar-refractivity contribution in [2.24, 2.45) is 4.99 Å². The molecule has 32 heavy (non-hydrogen) atoms. The molecule has 2 saturated carbocycles. The maximum atomic E-state index is 11.7. The molecule has 0 unspecified atom stereocenters. The van der Waals surface area contributed by atoms with E-state index in [0.717, 1.165) is 40.9 Å². The summed E-state index contributed by atoms with van der Waals surface area (Å²) in [6, 6.07) is 21.7. The van der Waals surface area contributed by atoms with Gasteiger partial charge in [0.1, 0.15) is 5.69 Å². The van der Waals surface area contributed by atoms with Gasteiger partial charge in [-0.3, -0.25) is 4.99 Å². The van der Waals surface area contributed by atoms with Crippen LogP contribution in [0.4, 0.5) is 0 Å². The second kappa shape index (κ2) is 9.77. The van der Waals surface area contributed by atoms with Crippen molar-refractivity contribution < 1.29 is 5.11 Å². The van der Waals surface area contributed by atoms with Gasteiger partial charge in [0.05, 0.1) is 17.3 Å². The lowest BCUT2D eigenvalue weighted by Crippen LogP contribution is -2.17. The van der Waals surface area contributed by atoms with Gasteiger partial charge in [0.15, 0.2) is 5.75 Å². The van der Waals surface area contributed by atoms with E-state index in [-0.39, 0.29) is 0 Å². The number of hydrogen-bond acceptors (Lipinski definition) is 2. The number of aliphatic imine (C=N–C) groups is 1. The van der Waals surface area contributed by atoms with E-state index in [2.05, 4.69) is 59.2 Å². The van der Waals surface area contributed by atoms with Crippen molar-refractivity contribution >= 4 is 6.21 Å². The standard InChI is InChI=1S/C29H34N2O/c32-29-26(21-30-24-17-9-3-10-18-24)31(25-19-11-4-12-20-25)28(23-15-7-2-8-16-23)27(29)22-13-5-1-6-14-22/h1-2,5-8,13-16,21,24-25,32H,3-4,9-12,17-20H2. The fourth-order valence-electron chi connectivity index (χ4n) is 5.60. The van der Waals surface area contributed by atoms with E-state index >= 15 is 0 Å². The summed E-state index contributed by atoms with van der Waals surface area (Å²) >= 11 is 0. The van der Waals surface area contributed by atoms with Crippen LogP contribution in [0.1, 0.15) is 75.9 Å². The summed E-state index contributed by atoms with van der Waals surface area (Å²) in [5.41, 5.74) is 5.18. The van der Waals surface area contributed by atoms with Crippen LogP contribution in [0, 0.1) is 0 Å². The van der Waals surface area contributed by atoms with E-state index < -0.39 is 0 Å². The monoisotopic (exact) mass is 426 g/mol. The fraction of sp³-hybridized carbons (Fsp3) is 0.414. The molecule has 1 heterocycles. The molecule has 1 N–H and O–H groups in total. The number of aromatic nitrogens is 1. The highest BCUT2D eigenvalue weighted by atomic mass is 16.3. The topological polar surface area (TPSA) is 37.5 Å². The van der Waals surface area contributed by atoms with Crippen molar-refractivity contribution in [1.82, 2.24) is 4.57 Å². The normalized spacial score (nSPS) is 18.4. The van der Waals surface area contributed by atoms with Crippen LogP contribution in [0.5, 0.6) is 5.75 Å². The third-order valence-electron chi connectivity index (χ3n) is 7.25. The maximum Gasteiger partial charge on any atom is 0.150 e. The second-order valence-corrected chi connectivity index (χ2v) is 9.42. The smallest absolute Gasteiger partial charge is 0.150 e. The molecule has 0 bridgehead atoms. The van der Waals surface area contributed by atoms with Gasteiger partial charge >= 0.3 is 0 Å². The average molecular weight is 427 g/mol. The fourth-order valence-corrected chi connectivity index (χ4v) is 5.60. The molecule has 0 atom stereocenters. The van der Waals surface area contributed by atoms with E-state index in [0.29, 0.717) is 17.8 Å². The molecule has 0 saturated heterocycles. The van der Waals surface area contributed by atoms with Crippen LogP contribution in [-0.2, 0) is 0 Å². The zero-order chi connectivity index (χ0) is 21.8. The highest BCUT2D eigenvalue weighted by Crippen LogP contribution is 2.46. The molecule has 2 aliphatic carbocycles. The van der Waals surface area contributed by atoms with Crippen molar-refractivity contribution in [3.05, 3.63) is 66.4 Å². The molecular formula is C29H34N2O. The summed E-state index contributed by atoms with van der Waals surface area (Å²) in [6.45, 7) is 0. The van der Waals surface area contributed by atoms with Gasteiger partial charge in [0.25, 0.3) is 0 Å². The van der Waals surface area contributed by atoms with E-state index in [9.17, 15) is 5.11 Å². The van der Waals surface area contributed by atoms with E-state index in [1.165, 1.54) is 51.4 Å². The van der Waals surface area contributed by atoms with Crippen LogP contribution in [0.3, 0.4) is 0 Å². The van der Waals surface area contributed by atoms with E-state index in [1.54, 1.807) is 0 Å². The molecule has 3 nitrogen and oxygen atoms in total. The Morgan fingerprint density at radius 2 is 1.28 bits per heavy atom. The minimum Gasteiger partial charge on any atom is -0.505 e. The summed E-state index contributed by atoms with van der Waals surface area (Å²) in [6.07, 6.45) is 14.3. The van der Waals surface area contributed by atoms with Gasteiger partial charge < -0.3 is 9.67 Å². The highest BCUT2D eigenvalue weighted by Gasteiger charge is 2.29. The summed E-state index contributed by atoms with van der Waals surface area (Å²) < 4.78 is 2.43. The molecule has 2 fully saturated rings. The van der Waals surface area contributed by atoms with Crippen molar-refractivity contribution in [2.75, 3.05) is 0 Å². The molecule has 3 heteroatoms. The van der Waals surface area contributed by atoms with Crippen LogP contribution in [0.25, 0.3) is 22.4 Å². The molecule has 2 aliphatic rings. The van der Waals surface area contributed by atoms with E-state index in [1.807, 2.05) is 12.3 Å². The predicted molar refractivity (Wildman–Crippen MR) is 134 cm³/mol. The van der Waals surface area contributed by atoms with Crippen molar-refractivity contribution in [1.29, 1.82) is 0 Å². The van der Waals surface area contributed by atoms with Gasteiger partial charge in [-0.25, -0.2) is 0 Å². The molecule has 1 aromatic heterocycles. The summed E-state index contributed by atoms with van der Waals surface area (Å²) in [5, 5.41) is 11.7. The van der Waals surface area contributed by atoms with Gasteiger partial charge in [-0.1, -0.05) is 99.2 Å². The summed E-state index contributed by atoms with van der Waals surface area (Å²) in [5.74, 6) is 0.375. The first-order valence-corrected chi connectivity index (χ1v) is 12.4. The second-order valence-electron chi connectivity index (χ2n) is 9.42. The number of nitrogens with zero attached hydrogens (tertiary/aromatic N) is 2. The van der Waals surface area contributed by atoms with Gasteiger partial charge in [0, 0.05) is 12.3 Å². The Morgan fingerprint density at radius 1 is 0.719 bits per heavy atom. The Balaban J connectivity index is 1.71. The van der Waals surface area contributed by atoms with E-state index in [4.69, 9.17) is 4.99 Å². The van der Waals surface area contributed by atoms with Gasteiger partial charge in [0.2, 0.25) is 0 Å². The third kappa shape index (κ3) is 4.26. The number of hydrogen-bond donors (Lipinski definition) is 1. The largest absolute Gasteiger partial charge is 0.505 e. The molecular weight excluding hydrogens is 392 g/mol. The van der Waals surface area contributed by atoms with Crippen LogP contribution >= 0.6 is 0 Å².